The van der Waals surface area contributed by atoms with E-state index in [1.165, 1.54) is 13.3 Å². The second-order valence-corrected chi connectivity index (χ2v) is 9.42. The first-order chi connectivity index (χ1) is 13.7. The van der Waals surface area contributed by atoms with E-state index in [2.05, 4.69) is 45.9 Å². The number of ether oxygens (including phenoxy) is 1. The molecule has 1 aliphatic carbocycles. The summed E-state index contributed by atoms with van der Waals surface area (Å²) in [5.41, 5.74) is 2.37. The molecule has 0 aromatic carbocycles. The van der Waals surface area contributed by atoms with Crippen molar-refractivity contribution in [3.05, 3.63) is 34.1 Å². The lowest BCUT2D eigenvalue weighted by molar-refractivity contribution is 0.0606. The van der Waals surface area contributed by atoms with Gasteiger partial charge in [0.15, 0.2) is 5.13 Å². The van der Waals surface area contributed by atoms with E-state index in [1.54, 1.807) is 0 Å². The van der Waals surface area contributed by atoms with Crippen molar-refractivity contribution in [3.63, 3.8) is 0 Å². The van der Waals surface area contributed by atoms with Gasteiger partial charge < -0.3 is 9.26 Å². The summed E-state index contributed by atoms with van der Waals surface area (Å²) in [6.45, 7) is 6.30. The molecule has 4 rings (SSSR count). The van der Waals surface area contributed by atoms with Crippen molar-refractivity contribution in [3.8, 4) is 0 Å². The number of anilines is 1. The molecule has 0 bridgehead atoms. The van der Waals surface area contributed by atoms with Gasteiger partial charge in [0.1, 0.15) is 4.88 Å². The summed E-state index contributed by atoms with van der Waals surface area (Å²) >= 11 is 1.06. The smallest absolute Gasteiger partial charge is 0.349 e. The lowest BCUT2D eigenvalue weighted by Gasteiger charge is -2.16. The Hall–Kier alpha value is -2.81. The summed E-state index contributed by atoms with van der Waals surface area (Å²) in [5.74, 6) is -0.465. The van der Waals surface area contributed by atoms with Gasteiger partial charge in [-0.15, -0.1) is 0 Å². The van der Waals surface area contributed by atoms with Crippen LogP contribution in [0.25, 0.3) is 11.1 Å². The quantitative estimate of drug-likeness (QED) is 0.624. The Kier molecular flexibility index (Phi) is 4.85. The maximum atomic E-state index is 13.1. The van der Waals surface area contributed by atoms with Gasteiger partial charge in [0, 0.05) is 11.6 Å². The Morgan fingerprint density at radius 1 is 1.34 bits per heavy atom. The highest BCUT2D eigenvalue weighted by Crippen LogP contribution is 2.41. The molecule has 0 radical (unpaired) electrons. The van der Waals surface area contributed by atoms with Gasteiger partial charge in [-0.2, -0.15) is 0 Å². The molecule has 1 aliphatic rings. The number of carbonyl (C=O) groups excluding carboxylic acids is 2. The molecule has 152 valence electrons. The zero-order chi connectivity index (χ0) is 20.8. The first kappa shape index (κ1) is 19.5. The van der Waals surface area contributed by atoms with Crippen LogP contribution in [0.3, 0.4) is 0 Å². The molecule has 0 saturated heterocycles. The molecule has 3 aromatic rings. The van der Waals surface area contributed by atoms with Gasteiger partial charge in [-0.1, -0.05) is 37.3 Å². The van der Waals surface area contributed by atoms with Crippen LogP contribution in [0.15, 0.2) is 16.8 Å². The van der Waals surface area contributed by atoms with Crippen LogP contribution >= 0.6 is 11.3 Å². The summed E-state index contributed by atoms with van der Waals surface area (Å²) in [7, 11) is 1.30. The predicted molar refractivity (Wildman–Crippen MR) is 108 cm³/mol. The van der Waals surface area contributed by atoms with Crippen LogP contribution in [0.1, 0.15) is 70.9 Å². The molecule has 1 fully saturated rings. The third kappa shape index (κ3) is 4.14. The number of thiazole rings is 1. The second-order valence-electron chi connectivity index (χ2n) is 8.39. The number of aromatic nitrogens is 3. The number of hydrogen-bond donors (Lipinski definition) is 1. The monoisotopic (exact) mass is 414 g/mol. The number of esters is 1. The normalized spacial score (nSPS) is 14.2. The van der Waals surface area contributed by atoms with E-state index in [9.17, 15) is 9.59 Å². The number of rotatable bonds is 5. The number of amides is 1. The lowest BCUT2D eigenvalue weighted by atomic mass is 9.89. The molecule has 0 atom stereocenters. The SMILES string of the molecule is COC(=O)c1cnc(NC(=O)c2cc(C3CC3)nc3onc(CC(C)(C)C)c23)s1. The van der Waals surface area contributed by atoms with Gasteiger partial charge in [0.25, 0.3) is 11.6 Å². The molecule has 29 heavy (non-hydrogen) atoms. The highest BCUT2D eigenvalue weighted by molar-refractivity contribution is 7.17. The molecule has 1 saturated carbocycles. The maximum Gasteiger partial charge on any atom is 0.349 e. The first-order valence-electron chi connectivity index (χ1n) is 9.40. The van der Waals surface area contributed by atoms with Crippen molar-refractivity contribution >= 4 is 39.4 Å². The van der Waals surface area contributed by atoms with Gasteiger partial charge in [0.2, 0.25) is 0 Å². The predicted octanol–water partition coefficient (Wildman–Crippen LogP) is 4.18. The van der Waals surface area contributed by atoms with Crippen molar-refractivity contribution in [2.75, 3.05) is 12.4 Å². The Labute approximate surface area is 171 Å². The summed E-state index contributed by atoms with van der Waals surface area (Å²) < 4.78 is 10.2. The van der Waals surface area contributed by atoms with E-state index in [4.69, 9.17) is 4.52 Å². The third-order valence-corrected chi connectivity index (χ3v) is 5.48. The fourth-order valence-corrected chi connectivity index (χ4v) is 3.84. The van der Waals surface area contributed by atoms with Gasteiger partial charge in [-0.25, -0.2) is 14.8 Å². The fourth-order valence-electron chi connectivity index (χ4n) is 3.11. The molecular weight excluding hydrogens is 392 g/mol. The first-order valence-corrected chi connectivity index (χ1v) is 10.2. The van der Waals surface area contributed by atoms with E-state index >= 15 is 0 Å². The minimum absolute atomic E-state index is 0.0303. The molecular formula is C20H22N4O4S. The molecule has 0 unspecified atom stereocenters. The van der Waals surface area contributed by atoms with E-state index in [1.807, 2.05) is 6.07 Å². The van der Waals surface area contributed by atoms with Crippen molar-refractivity contribution in [2.45, 2.75) is 46.0 Å². The van der Waals surface area contributed by atoms with Crippen LogP contribution in [-0.4, -0.2) is 34.1 Å². The van der Waals surface area contributed by atoms with Crippen LogP contribution in [0, 0.1) is 5.41 Å². The molecule has 3 aromatic heterocycles. The van der Waals surface area contributed by atoms with Crippen LogP contribution in [0.5, 0.6) is 0 Å². The Morgan fingerprint density at radius 2 is 2.10 bits per heavy atom. The third-order valence-electron chi connectivity index (χ3n) is 4.59. The molecule has 8 nitrogen and oxygen atoms in total. The minimum Gasteiger partial charge on any atom is -0.465 e. The second kappa shape index (κ2) is 7.22. The number of hydrogen-bond acceptors (Lipinski definition) is 8. The summed E-state index contributed by atoms with van der Waals surface area (Å²) in [5, 5.41) is 7.93. The van der Waals surface area contributed by atoms with E-state index in [0.717, 1.165) is 29.9 Å². The number of carbonyl (C=O) groups is 2. The molecule has 0 spiro atoms. The van der Waals surface area contributed by atoms with Crippen molar-refractivity contribution in [1.29, 1.82) is 0 Å². The van der Waals surface area contributed by atoms with Gasteiger partial charge >= 0.3 is 5.97 Å². The van der Waals surface area contributed by atoms with Crippen molar-refractivity contribution in [1.82, 2.24) is 15.1 Å². The fraction of sp³-hybridized carbons (Fsp3) is 0.450. The van der Waals surface area contributed by atoms with E-state index in [0.29, 0.717) is 44.7 Å². The zero-order valence-electron chi connectivity index (χ0n) is 16.7. The molecule has 9 heteroatoms. The largest absolute Gasteiger partial charge is 0.465 e. The molecule has 1 amide bonds. The number of nitrogens with zero attached hydrogens (tertiary/aromatic N) is 3. The standard InChI is InChI=1S/C20H22N4O4S/c1-20(2,3)8-13-15-11(7-12(10-5-6-10)22-17(15)28-24-13)16(25)23-19-21-9-14(29-19)18(26)27-4/h7,9-10H,5-6,8H2,1-4H3,(H,21,23,25). The molecule has 1 N–H and O–H groups in total. The summed E-state index contributed by atoms with van der Waals surface area (Å²) in [6, 6.07) is 1.83. The van der Waals surface area contributed by atoms with E-state index < -0.39 is 5.97 Å². The Balaban J connectivity index is 1.72. The summed E-state index contributed by atoms with van der Waals surface area (Å²) in [6.07, 6.45) is 4.14. The van der Waals surface area contributed by atoms with Gasteiger partial charge in [-0.3, -0.25) is 10.1 Å². The Morgan fingerprint density at radius 3 is 2.76 bits per heavy atom. The van der Waals surface area contributed by atoms with E-state index in [-0.39, 0.29) is 11.3 Å². The highest BCUT2D eigenvalue weighted by Gasteiger charge is 2.30. The number of methoxy groups -OCH3 is 1. The van der Waals surface area contributed by atoms with Crippen LogP contribution in [0.2, 0.25) is 0 Å². The van der Waals surface area contributed by atoms with Crippen molar-refractivity contribution < 1.29 is 18.8 Å². The van der Waals surface area contributed by atoms with Crippen LogP contribution < -0.4 is 5.32 Å². The average molecular weight is 414 g/mol. The van der Waals surface area contributed by atoms with Crippen LogP contribution in [0.4, 0.5) is 5.13 Å². The minimum atomic E-state index is -0.489. The average Bonchev–Trinajstić information content (AvgIpc) is 3.30. The highest BCUT2D eigenvalue weighted by atomic mass is 32.1. The lowest BCUT2D eigenvalue weighted by Crippen LogP contribution is -2.15. The van der Waals surface area contributed by atoms with Gasteiger partial charge in [-0.05, 0) is 30.7 Å². The molecule has 0 aliphatic heterocycles. The Bertz CT molecular complexity index is 1090. The number of nitrogens with one attached hydrogen (secondary N) is 1. The number of fused-ring (bicyclic) bond motifs is 1. The topological polar surface area (TPSA) is 107 Å². The van der Waals surface area contributed by atoms with Crippen LogP contribution in [-0.2, 0) is 11.2 Å². The van der Waals surface area contributed by atoms with Gasteiger partial charge in [0.05, 0.1) is 30.0 Å². The zero-order valence-corrected chi connectivity index (χ0v) is 17.6. The molecule has 3 heterocycles. The maximum absolute atomic E-state index is 13.1. The number of pyridine rings is 1. The summed E-state index contributed by atoms with van der Waals surface area (Å²) in [4.78, 5) is 33.8. The van der Waals surface area contributed by atoms with Crippen molar-refractivity contribution in [2.24, 2.45) is 5.41 Å².